The second-order valence-electron chi connectivity index (χ2n) is 3.91. The summed E-state index contributed by atoms with van der Waals surface area (Å²) in [5.74, 6) is 3.29. The molecule has 1 heterocycles. The van der Waals surface area contributed by atoms with E-state index < -0.39 is 11.7 Å². The van der Waals surface area contributed by atoms with E-state index in [1.165, 1.54) is 0 Å². The zero-order chi connectivity index (χ0) is 15.3. The number of hydrogen-bond donors (Lipinski definition) is 0. The van der Waals surface area contributed by atoms with E-state index in [0.29, 0.717) is 11.5 Å². The van der Waals surface area contributed by atoms with Crippen molar-refractivity contribution in [1.29, 1.82) is 0 Å². The Balaban J connectivity index is 2.12. The number of hydrogen-bond acceptors (Lipinski definition) is 3. The maximum absolute atomic E-state index is 12.6. The lowest BCUT2D eigenvalue weighted by Crippen LogP contribution is -2.05. The summed E-state index contributed by atoms with van der Waals surface area (Å²) in [5.41, 5.74) is -0.814. The van der Waals surface area contributed by atoms with Crippen molar-refractivity contribution in [2.75, 3.05) is 0 Å². The summed E-state index contributed by atoms with van der Waals surface area (Å²) in [6, 6.07) is 8.00. The van der Waals surface area contributed by atoms with Gasteiger partial charge in [-0.15, -0.1) is 0 Å². The molecule has 0 radical (unpaired) electrons. The summed E-state index contributed by atoms with van der Waals surface area (Å²) in [6.07, 6.45) is -0.955. The van der Waals surface area contributed by atoms with Crippen LogP contribution in [0.15, 0.2) is 42.6 Å². The minimum atomic E-state index is -4.43. The Labute approximate surface area is 119 Å². The van der Waals surface area contributed by atoms with Gasteiger partial charge in [-0.1, -0.05) is 5.92 Å². The van der Waals surface area contributed by atoms with E-state index in [1.807, 2.05) is 0 Å². The summed E-state index contributed by atoms with van der Waals surface area (Å²) in [5, 5.41) is 0. The second-order valence-corrected chi connectivity index (χ2v) is 3.91. The molecule has 2 rings (SSSR count). The first-order chi connectivity index (χ1) is 9.99. The standard InChI is InChI=1S/C15H10F3NO2/c1-2-9-20-12-3-5-13(6-4-12)21-14-10-11(7-8-19-14)15(16,17)18/h3-8,10H,1H3. The minimum absolute atomic E-state index is 0.133. The molecule has 2 aromatic rings. The lowest BCUT2D eigenvalue weighted by atomic mass is 10.2. The molecule has 6 heteroatoms. The fraction of sp³-hybridized carbons (Fsp3) is 0.133. The highest BCUT2D eigenvalue weighted by atomic mass is 19.4. The number of aromatic nitrogens is 1. The molecule has 108 valence electrons. The Morgan fingerprint density at radius 1 is 1.05 bits per heavy atom. The van der Waals surface area contributed by atoms with Gasteiger partial charge in [-0.05, 0) is 30.3 Å². The smallest absolute Gasteiger partial charge is 0.416 e. The molecule has 21 heavy (non-hydrogen) atoms. The number of benzene rings is 1. The summed E-state index contributed by atoms with van der Waals surface area (Å²) in [7, 11) is 0. The number of halogens is 3. The van der Waals surface area contributed by atoms with Gasteiger partial charge in [0.05, 0.1) is 5.56 Å². The van der Waals surface area contributed by atoms with Crippen molar-refractivity contribution in [3.63, 3.8) is 0 Å². The van der Waals surface area contributed by atoms with Crippen LogP contribution in [0.2, 0.25) is 0 Å². The molecule has 0 fully saturated rings. The first-order valence-electron chi connectivity index (χ1n) is 5.89. The SMILES string of the molecule is CC#COc1ccc(Oc2cc(C(F)(F)F)ccn2)cc1. The van der Waals surface area contributed by atoms with E-state index in [4.69, 9.17) is 9.47 Å². The number of alkyl halides is 3. The molecule has 0 amide bonds. The molecule has 0 N–H and O–H groups in total. The molecule has 0 aliphatic carbocycles. The van der Waals surface area contributed by atoms with Gasteiger partial charge < -0.3 is 9.47 Å². The van der Waals surface area contributed by atoms with Crippen molar-refractivity contribution < 1.29 is 22.6 Å². The molecule has 0 aliphatic rings. The average Bonchev–Trinajstić information content (AvgIpc) is 2.46. The van der Waals surface area contributed by atoms with Gasteiger partial charge in [-0.3, -0.25) is 0 Å². The Hall–Kier alpha value is -2.68. The van der Waals surface area contributed by atoms with E-state index in [9.17, 15) is 13.2 Å². The fourth-order valence-electron chi connectivity index (χ4n) is 1.45. The largest absolute Gasteiger partial charge is 0.439 e. The first-order valence-corrected chi connectivity index (χ1v) is 5.89. The third-order valence-corrected chi connectivity index (χ3v) is 2.38. The van der Waals surface area contributed by atoms with Crippen molar-refractivity contribution >= 4 is 0 Å². The second kappa shape index (κ2) is 6.18. The van der Waals surface area contributed by atoms with Crippen LogP contribution in [0.3, 0.4) is 0 Å². The molecule has 1 aromatic carbocycles. The quantitative estimate of drug-likeness (QED) is 0.793. The molecule has 0 saturated heterocycles. The molecule has 0 atom stereocenters. The predicted octanol–water partition coefficient (Wildman–Crippen LogP) is 4.25. The highest BCUT2D eigenvalue weighted by molar-refractivity contribution is 5.35. The topological polar surface area (TPSA) is 31.4 Å². The minimum Gasteiger partial charge on any atom is -0.439 e. The lowest BCUT2D eigenvalue weighted by Gasteiger charge is -2.09. The van der Waals surface area contributed by atoms with Crippen molar-refractivity contribution in [1.82, 2.24) is 4.98 Å². The van der Waals surface area contributed by atoms with Crippen molar-refractivity contribution in [2.45, 2.75) is 13.1 Å². The molecule has 3 nitrogen and oxygen atoms in total. The van der Waals surface area contributed by atoms with Gasteiger partial charge in [0.15, 0.2) is 0 Å². The molecule has 0 spiro atoms. The van der Waals surface area contributed by atoms with Gasteiger partial charge in [-0.2, -0.15) is 13.2 Å². The number of rotatable bonds is 3. The molecule has 0 bridgehead atoms. The monoisotopic (exact) mass is 293 g/mol. The van der Waals surface area contributed by atoms with E-state index in [-0.39, 0.29) is 5.88 Å². The Morgan fingerprint density at radius 3 is 2.33 bits per heavy atom. The Bertz CT molecular complexity index is 670. The zero-order valence-corrected chi connectivity index (χ0v) is 10.9. The Morgan fingerprint density at radius 2 is 1.71 bits per heavy atom. The van der Waals surface area contributed by atoms with Crippen molar-refractivity contribution in [3.8, 4) is 29.4 Å². The summed E-state index contributed by atoms with van der Waals surface area (Å²) in [4.78, 5) is 3.74. The van der Waals surface area contributed by atoms with E-state index >= 15 is 0 Å². The zero-order valence-electron chi connectivity index (χ0n) is 10.9. The van der Waals surface area contributed by atoms with Crippen LogP contribution >= 0.6 is 0 Å². The van der Waals surface area contributed by atoms with E-state index in [2.05, 4.69) is 17.0 Å². The van der Waals surface area contributed by atoms with Crippen LogP contribution in [0.25, 0.3) is 0 Å². The normalized spacial score (nSPS) is 10.5. The maximum atomic E-state index is 12.6. The van der Waals surface area contributed by atoms with Crippen LogP contribution in [0, 0.1) is 12.0 Å². The maximum Gasteiger partial charge on any atom is 0.416 e. The molecule has 0 unspecified atom stereocenters. The van der Waals surface area contributed by atoms with Crippen LogP contribution in [-0.4, -0.2) is 4.98 Å². The number of nitrogens with zero attached hydrogens (tertiary/aromatic N) is 1. The summed E-state index contributed by atoms with van der Waals surface area (Å²) in [6.45, 7) is 1.64. The van der Waals surface area contributed by atoms with Crippen molar-refractivity contribution in [3.05, 3.63) is 48.2 Å². The van der Waals surface area contributed by atoms with Gasteiger partial charge in [0.2, 0.25) is 5.88 Å². The van der Waals surface area contributed by atoms with Crippen LogP contribution in [0.4, 0.5) is 13.2 Å². The highest BCUT2D eigenvalue weighted by Gasteiger charge is 2.31. The molecular weight excluding hydrogens is 283 g/mol. The van der Waals surface area contributed by atoms with Gasteiger partial charge in [0, 0.05) is 19.2 Å². The van der Waals surface area contributed by atoms with Crippen LogP contribution in [0.5, 0.6) is 17.4 Å². The van der Waals surface area contributed by atoms with Crippen LogP contribution in [0.1, 0.15) is 12.5 Å². The number of ether oxygens (including phenoxy) is 2. The molecule has 0 aliphatic heterocycles. The summed E-state index contributed by atoms with van der Waals surface area (Å²) < 4.78 is 48.0. The first kappa shape index (κ1) is 14.7. The average molecular weight is 293 g/mol. The van der Waals surface area contributed by atoms with E-state index in [0.717, 1.165) is 18.3 Å². The number of pyridine rings is 1. The van der Waals surface area contributed by atoms with Gasteiger partial charge in [0.1, 0.15) is 17.6 Å². The highest BCUT2D eigenvalue weighted by Crippen LogP contribution is 2.31. The van der Waals surface area contributed by atoms with E-state index in [1.54, 1.807) is 31.2 Å². The van der Waals surface area contributed by atoms with Crippen LogP contribution < -0.4 is 9.47 Å². The fourth-order valence-corrected chi connectivity index (χ4v) is 1.45. The van der Waals surface area contributed by atoms with Gasteiger partial charge >= 0.3 is 6.18 Å². The molecular formula is C15H10F3NO2. The van der Waals surface area contributed by atoms with Crippen molar-refractivity contribution in [2.24, 2.45) is 0 Å². The van der Waals surface area contributed by atoms with Gasteiger partial charge in [-0.25, -0.2) is 4.98 Å². The predicted molar refractivity (Wildman–Crippen MR) is 69.8 cm³/mol. The summed E-state index contributed by atoms with van der Waals surface area (Å²) >= 11 is 0. The third kappa shape index (κ3) is 4.14. The third-order valence-electron chi connectivity index (χ3n) is 2.38. The van der Waals surface area contributed by atoms with Gasteiger partial charge in [0.25, 0.3) is 0 Å². The molecule has 0 saturated carbocycles. The Kier molecular flexibility index (Phi) is 4.33. The lowest BCUT2D eigenvalue weighted by molar-refractivity contribution is -0.137. The van der Waals surface area contributed by atoms with Crippen LogP contribution in [-0.2, 0) is 6.18 Å². The molecule has 1 aromatic heterocycles.